The molecule has 0 spiro atoms. The van der Waals surface area contributed by atoms with Crippen LogP contribution in [0.1, 0.15) is 22.6 Å². The van der Waals surface area contributed by atoms with Crippen LogP contribution in [0.5, 0.6) is 0 Å². The van der Waals surface area contributed by atoms with E-state index < -0.39 is 5.82 Å². The molecule has 2 aromatic heterocycles. The van der Waals surface area contributed by atoms with Gasteiger partial charge in [-0.3, -0.25) is 4.79 Å². The van der Waals surface area contributed by atoms with Gasteiger partial charge in [0.15, 0.2) is 5.82 Å². The molecule has 4 rings (SSSR count). The highest BCUT2D eigenvalue weighted by molar-refractivity contribution is 6.31. The standard InChI is InChI=1S/C20H19ClFN5O2/c1-13-24-19(29-25-13)15-4-2-7-23-18(15)26-8-3-9-27(11-10-26)20(28)14-5-6-17(22)16(21)12-14/h2,4-7,12H,3,8-11H2,1H3. The second-order valence-electron chi connectivity index (χ2n) is 6.78. The Morgan fingerprint density at radius 2 is 2.07 bits per heavy atom. The fraction of sp³-hybridized carbons (Fsp3) is 0.300. The van der Waals surface area contributed by atoms with Crippen LogP contribution in [-0.2, 0) is 0 Å². The minimum Gasteiger partial charge on any atom is -0.354 e. The number of carbonyl (C=O) groups excluding carboxylic acids is 1. The second-order valence-corrected chi connectivity index (χ2v) is 7.19. The molecule has 7 nitrogen and oxygen atoms in total. The van der Waals surface area contributed by atoms with Crippen molar-refractivity contribution in [3.63, 3.8) is 0 Å². The van der Waals surface area contributed by atoms with E-state index in [1.165, 1.54) is 18.2 Å². The lowest BCUT2D eigenvalue weighted by Crippen LogP contribution is -2.35. The molecule has 0 N–H and O–H groups in total. The first-order valence-electron chi connectivity index (χ1n) is 9.28. The first kappa shape index (κ1) is 19.3. The predicted octanol–water partition coefficient (Wildman–Crippen LogP) is 3.59. The predicted molar refractivity (Wildman–Crippen MR) is 106 cm³/mol. The Kier molecular flexibility index (Phi) is 5.44. The van der Waals surface area contributed by atoms with Crippen LogP contribution in [0, 0.1) is 12.7 Å². The monoisotopic (exact) mass is 415 g/mol. The van der Waals surface area contributed by atoms with Crippen molar-refractivity contribution in [3.05, 3.63) is 58.8 Å². The van der Waals surface area contributed by atoms with Gasteiger partial charge in [-0.1, -0.05) is 16.8 Å². The summed E-state index contributed by atoms with van der Waals surface area (Å²) in [5.74, 6) is 1.02. The fourth-order valence-corrected chi connectivity index (χ4v) is 3.55. The van der Waals surface area contributed by atoms with E-state index in [9.17, 15) is 9.18 Å². The number of anilines is 1. The van der Waals surface area contributed by atoms with Gasteiger partial charge in [0.2, 0.25) is 0 Å². The van der Waals surface area contributed by atoms with Gasteiger partial charge in [-0.15, -0.1) is 0 Å². The molecule has 1 aliphatic rings. The summed E-state index contributed by atoms with van der Waals surface area (Å²) in [5.41, 5.74) is 1.14. The Bertz CT molecular complexity index is 1040. The Labute approximate surface area is 172 Å². The molecule has 0 radical (unpaired) electrons. The summed E-state index contributed by atoms with van der Waals surface area (Å²) in [5, 5.41) is 3.80. The summed E-state index contributed by atoms with van der Waals surface area (Å²) in [6.45, 7) is 4.18. The molecule has 9 heteroatoms. The van der Waals surface area contributed by atoms with Crippen molar-refractivity contribution >= 4 is 23.3 Å². The number of aryl methyl sites for hydroxylation is 1. The third kappa shape index (κ3) is 4.07. The van der Waals surface area contributed by atoms with Crippen LogP contribution in [0.3, 0.4) is 0 Å². The summed E-state index contributed by atoms with van der Waals surface area (Å²) < 4.78 is 18.7. The molecule has 29 heavy (non-hydrogen) atoms. The summed E-state index contributed by atoms with van der Waals surface area (Å²) in [7, 11) is 0. The minimum atomic E-state index is -0.538. The van der Waals surface area contributed by atoms with Gasteiger partial charge in [-0.25, -0.2) is 9.37 Å². The van der Waals surface area contributed by atoms with E-state index in [1.807, 2.05) is 12.1 Å². The maximum Gasteiger partial charge on any atom is 0.261 e. The molecule has 1 fully saturated rings. The summed E-state index contributed by atoms with van der Waals surface area (Å²) in [6.07, 6.45) is 2.48. The second kappa shape index (κ2) is 8.16. The van der Waals surface area contributed by atoms with Crippen molar-refractivity contribution in [2.75, 3.05) is 31.1 Å². The quantitative estimate of drug-likeness (QED) is 0.650. The maximum atomic E-state index is 13.4. The summed E-state index contributed by atoms with van der Waals surface area (Å²) in [6, 6.07) is 7.76. The molecule has 0 atom stereocenters. The number of hydrogen-bond acceptors (Lipinski definition) is 6. The number of aromatic nitrogens is 3. The molecule has 0 saturated carbocycles. The Morgan fingerprint density at radius 1 is 1.21 bits per heavy atom. The van der Waals surface area contributed by atoms with Crippen LogP contribution < -0.4 is 4.90 Å². The molecule has 150 valence electrons. The van der Waals surface area contributed by atoms with Crippen molar-refractivity contribution < 1.29 is 13.7 Å². The molecule has 1 amide bonds. The molecule has 1 aliphatic heterocycles. The normalized spacial score (nSPS) is 14.7. The minimum absolute atomic E-state index is 0.0553. The van der Waals surface area contributed by atoms with Crippen LogP contribution in [0.25, 0.3) is 11.5 Å². The third-order valence-electron chi connectivity index (χ3n) is 4.79. The van der Waals surface area contributed by atoms with Gasteiger partial charge in [0.05, 0.1) is 10.6 Å². The summed E-state index contributed by atoms with van der Waals surface area (Å²) >= 11 is 5.83. The largest absolute Gasteiger partial charge is 0.354 e. The van der Waals surface area contributed by atoms with Crippen LogP contribution >= 0.6 is 11.6 Å². The van der Waals surface area contributed by atoms with E-state index in [0.717, 1.165) is 24.3 Å². The molecule has 3 heterocycles. The van der Waals surface area contributed by atoms with Crippen molar-refractivity contribution in [2.45, 2.75) is 13.3 Å². The highest BCUT2D eigenvalue weighted by Crippen LogP contribution is 2.28. The fourth-order valence-electron chi connectivity index (χ4n) is 3.37. The summed E-state index contributed by atoms with van der Waals surface area (Å²) in [4.78, 5) is 25.5. The van der Waals surface area contributed by atoms with Crippen LogP contribution in [0.2, 0.25) is 5.02 Å². The Hall–Kier alpha value is -3.00. The zero-order chi connectivity index (χ0) is 20.4. The number of halogens is 2. The van der Waals surface area contributed by atoms with Crippen molar-refractivity contribution in [3.8, 4) is 11.5 Å². The lowest BCUT2D eigenvalue weighted by Gasteiger charge is -2.24. The highest BCUT2D eigenvalue weighted by atomic mass is 35.5. The van der Waals surface area contributed by atoms with E-state index in [4.69, 9.17) is 16.1 Å². The van der Waals surface area contributed by atoms with Gasteiger partial charge in [0.1, 0.15) is 11.6 Å². The van der Waals surface area contributed by atoms with E-state index in [-0.39, 0.29) is 10.9 Å². The zero-order valence-corrected chi connectivity index (χ0v) is 16.6. The lowest BCUT2D eigenvalue weighted by molar-refractivity contribution is 0.0767. The van der Waals surface area contributed by atoms with E-state index in [1.54, 1.807) is 18.0 Å². The van der Waals surface area contributed by atoms with Crippen LogP contribution in [-0.4, -0.2) is 52.1 Å². The Balaban J connectivity index is 1.52. The molecule has 1 saturated heterocycles. The van der Waals surface area contributed by atoms with Crippen molar-refractivity contribution in [1.82, 2.24) is 20.0 Å². The molecular formula is C20H19ClFN5O2. The van der Waals surface area contributed by atoms with E-state index in [0.29, 0.717) is 36.9 Å². The smallest absolute Gasteiger partial charge is 0.261 e. The topological polar surface area (TPSA) is 75.4 Å². The van der Waals surface area contributed by atoms with Crippen molar-refractivity contribution in [1.29, 1.82) is 0 Å². The van der Waals surface area contributed by atoms with Gasteiger partial charge in [0, 0.05) is 37.9 Å². The molecule has 0 aliphatic carbocycles. The first-order valence-corrected chi connectivity index (χ1v) is 9.65. The number of nitrogens with zero attached hydrogens (tertiary/aromatic N) is 5. The van der Waals surface area contributed by atoms with Crippen LogP contribution in [0.4, 0.5) is 10.2 Å². The number of carbonyl (C=O) groups is 1. The SMILES string of the molecule is Cc1noc(-c2cccnc2N2CCCN(C(=O)c3ccc(F)c(Cl)c3)CC2)n1. The lowest BCUT2D eigenvalue weighted by atomic mass is 10.2. The average Bonchev–Trinajstić information content (AvgIpc) is 3.01. The van der Waals surface area contributed by atoms with E-state index in [2.05, 4.69) is 20.0 Å². The number of rotatable bonds is 3. The van der Waals surface area contributed by atoms with Gasteiger partial charge >= 0.3 is 0 Å². The number of benzene rings is 1. The van der Waals surface area contributed by atoms with Gasteiger partial charge in [0.25, 0.3) is 11.8 Å². The molecule has 0 bridgehead atoms. The van der Waals surface area contributed by atoms with Gasteiger partial charge in [-0.05, 0) is 43.7 Å². The van der Waals surface area contributed by atoms with Gasteiger partial charge < -0.3 is 14.3 Å². The van der Waals surface area contributed by atoms with Gasteiger partial charge in [-0.2, -0.15) is 4.98 Å². The number of hydrogen-bond donors (Lipinski definition) is 0. The number of amides is 1. The Morgan fingerprint density at radius 3 is 2.83 bits per heavy atom. The third-order valence-corrected chi connectivity index (χ3v) is 5.08. The number of pyridine rings is 1. The zero-order valence-electron chi connectivity index (χ0n) is 15.8. The molecule has 0 unspecified atom stereocenters. The van der Waals surface area contributed by atoms with Crippen LogP contribution in [0.15, 0.2) is 41.1 Å². The average molecular weight is 416 g/mol. The molecular weight excluding hydrogens is 397 g/mol. The molecule has 1 aromatic carbocycles. The molecule has 3 aromatic rings. The van der Waals surface area contributed by atoms with Crippen molar-refractivity contribution in [2.24, 2.45) is 0 Å². The first-order chi connectivity index (χ1) is 14.0. The van der Waals surface area contributed by atoms with E-state index >= 15 is 0 Å². The maximum absolute atomic E-state index is 13.4. The highest BCUT2D eigenvalue weighted by Gasteiger charge is 2.24.